The van der Waals surface area contributed by atoms with Gasteiger partial charge in [-0.1, -0.05) is 32.4 Å². The van der Waals surface area contributed by atoms with E-state index in [0.717, 1.165) is 62.4 Å². The van der Waals surface area contributed by atoms with Crippen LogP contribution in [0.15, 0.2) is 24.3 Å². The number of carbonyl (C=O) groups is 1. The zero-order valence-electron chi connectivity index (χ0n) is 16.2. The van der Waals surface area contributed by atoms with Gasteiger partial charge in [0.25, 0.3) is 5.91 Å². The maximum absolute atomic E-state index is 13.8. The molecule has 2 aliphatic heterocycles. The normalized spacial score (nSPS) is 23.0. The standard InChI is InChI=1S/C22H28FN3O/c1-15-11-16(2)14-25(13-15)22(27)20-19-9-4-3-5-10-26(19)21(24-20)17-7-6-8-18(23)12-17/h6-8,12,15-16H,3-5,9-11,13-14H2,1-2H3/t15-,16+. The number of hydrogen-bond acceptors (Lipinski definition) is 2. The van der Waals surface area contributed by atoms with Gasteiger partial charge in [-0.25, -0.2) is 9.37 Å². The maximum Gasteiger partial charge on any atom is 0.274 e. The van der Waals surface area contributed by atoms with Gasteiger partial charge in [0.15, 0.2) is 0 Å². The topological polar surface area (TPSA) is 38.1 Å². The number of imidazole rings is 1. The first-order valence-electron chi connectivity index (χ1n) is 10.2. The molecule has 0 bridgehead atoms. The second kappa shape index (κ2) is 7.45. The highest BCUT2D eigenvalue weighted by Gasteiger charge is 2.31. The minimum atomic E-state index is -0.273. The molecule has 0 unspecified atom stereocenters. The van der Waals surface area contributed by atoms with Gasteiger partial charge < -0.3 is 9.47 Å². The lowest BCUT2D eigenvalue weighted by Gasteiger charge is -2.34. The van der Waals surface area contributed by atoms with Crippen LogP contribution in [0, 0.1) is 17.7 Å². The number of likely N-dealkylation sites (tertiary alicyclic amines) is 1. The number of carbonyl (C=O) groups excluding carboxylic acids is 1. The second-order valence-electron chi connectivity index (χ2n) is 8.36. The van der Waals surface area contributed by atoms with Crippen LogP contribution >= 0.6 is 0 Å². The smallest absolute Gasteiger partial charge is 0.274 e. The number of benzene rings is 1. The van der Waals surface area contributed by atoms with Crippen molar-refractivity contribution in [2.24, 2.45) is 11.8 Å². The number of aromatic nitrogens is 2. The first-order chi connectivity index (χ1) is 13.0. The largest absolute Gasteiger partial charge is 0.337 e. The highest BCUT2D eigenvalue weighted by Crippen LogP contribution is 2.30. The maximum atomic E-state index is 13.8. The highest BCUT2D eigenvalue weighted by atomic mass is 19.1. The highest BCUT2D eigenvalue weighted by molar-refractivity contribution is 5.94. The predicted molar refractivity (Wildman–Crippen MR) is 104 cm³/mol. The van der Waals surface area contributed by atoms with E-state index < -0.39 is 0 Å². The Morgan fingerprint density at radius 1 is 1.15 bits per heavy atom. The quantitative estimate of drug-likeness (QED) is 0.780. The molecule has 3 heterocycles. The lowest BCUT2D eigenvalue weighted by Crippen LogP contribution is -2.43. The Morgan fingerprint density at radius 3 is 2.67 bits per heavy atom. The zero-order chi connectivity index (χ0) is 19.0. The third kappa shape index (κ3) is 3.64. The summed E-state index contributed by atoms with van der Waals surface area (Å²) in [4.78, 5) is 20.1. The first-order valence-corrected chi connectivity index (χ1v) is 10.2. The summed E-state index contributed by atoms with van der Waals surface area (Å²) in [6.07, 6.45) is 5.32. The third-order valence-corrected chi connectivity index (χ3v) is 5.81. The van der Waals surface area contributed by atoms with Crippen molar-refractivity contribution in [3.8, 4) is 11.4 Å². The molecule has 2 aliphatic rings. The number of halogens is 1. The van der Waals surface area contributed by atoms with E-state index in [-0.39, 0.29) is 11.7 Å². The number of amides is 1. The lowest BCUT2D eigenvalue weighted by molar-refractivity contribution is 0.0616. The Morgan fingerprint density at radius 2 is 1.93 bits per heavy atom. The number of piperidine rings is 1. The second-order valence-corrected chi connectivity index (χ2v) is 8.36. The zero-order valence-corrected chi connectivity index (χ0v) is 16.2. The van der Waals surface area contributed by atoms with Gasteiger partial charge in [0.2, 0.25) is 0 Å². The number of hydrogen-bond donors (Lipinski definition) is 0. The van der Waals surface area contributed by atoms with Gasteiger partial charge in [-0.3, -0.25) is 4.79 Å². The Balaban J connectivity index is 1.75. The molecule has 2 atom stereocenters. The van der Waals surface area contributed by atoms with Crippen molar-refractivity contribution in [1.82, 2.24) is 14.5 Å². The Labute approximate surface area is 160 Å². The van der Waals surface area contributed by atoms with Crippen LogP contribution in [0.2, 0.25) is 0 Å². The van der Waals surface area contributed by atoms with Crippen molar-refractivity contribution in [3.63, 3.8) is 0 Å². The van der Waals surface area contributed by atoms with Crippen LogP contribution in [0.5, 0.6) is 0 Å². The molecule has 4 nitrogen and oxygen atoms in total. The molecule has 1 aromatic carbocycles. The fraction of sp³-hybridized carbons (Fsp3) is 0.545. The number of rotatable bonds is 2. The molecule has 144 valence electrons. The van der Waals surface area contributed by atoms with Crippen LogP contribution in [0.4, 0.5) is 4.39 Å². The Hall–Kier alpha value is -2.17. The van der Waals surface area contributed by atoms with Crippen LogP contribution in [-0.4, -0.2) is 33.4 Å². The number of fused-ring (bicyclic) bond motifs is 1. The molecule has 0 spiro atoms. The Kier molecular flexibility index (Phi) is 5.02. The molecule has 0 aliphatic carbocycles. The van der Waals surface area contributed by atoms with Crippen LogP contribution in [0.1, 0.15) is 55.7 Å². The molecular formula is C22H28FN3O. The summed E-state index contributed by atoms with van der Waals surface area (Å²) in [5, 5.41) is 0. The predicted octanol–water partition coefficient (Wildman–Crippen LogP) is 4.53. The van der Waals surface area contributed by atoms with E-state index in [1.807, 2.05) is 11.0 Å². The molecule has 2 aromatic rings. The van der Waals surface area contributed by atoms with E-state index in [1.54, 1.807) is 6.07 Å². The summed E-state index contributed by atoms with van der Waals surface area (Å²) in [7, 11) is 0. The van der Waals surface area contributed by atoms with Crippen molar-refractivity contribution in [2.75, 3.05) is 13.1 Å². The van der Waals surface area contributed by atoms with Crippen molar-refractivity contribution in [1.29, 1.82) is 0 Å². The monoisotopic (exact) mass is 369 g/mol. The summed E-state index contributed by atoms with van der Waals surface area (Å²) in [6.45, 7) is 6.85. The summed E-state index contributed by atoms with van der Waals surface area (Å²) in [5.41, 5.74) is 2.36. The van der Waals surface area contributed by atoms with Crippen molar-refractivity contribution in [3.05, 3.63) is 41.5 Å². The van der Waals surface area contributed by atoms with E-state index >= 15 is 0 Å². The van der Waals surface area contributed by atoms with Crippen molar-refractivity contribution < 1.29 is 9.18 Å². The van der Waals surface area contributed by atoms with Gasteiger partial charge in [0, 0.05) is 25.2 Å². The molecule has 0 saturated carbocycles. The lowest BCUT2D eigenvalue weighted by atomic mass is 9.91. The minimum Gasteiger partial charge on any atom is -0.337 e. The molecule has 0 N–H and O–H groups in total. The first kappa shape index (κ1) is 18.2. The summed E-state index contributed by atoms with van der Waals surface area (Å²) in [5.74, 6) is 1.53. The third-order valence-electron chi connectivity index (χ3n) is 5.81. The van der Waals surface area contributed by atoms with Gasteiger partial charge in [-0.2, -0.15) is 0 Å². The average Bonchev–Trinajstić information content (AvgIpc) is 2.81. The van der Waals surface area contributed by atoms with Crippen LogP contribution < -0.4 is 0 Å². The van der Waals surface area contributed by atoms with E-state index in [9.17, 15) is 9.18 Å². The van der Waals surface area contributed by atoms with Crippen molar-refractivity contribution >= 4 is 5.91 Å². The SMILES string of the molecule is C[C@@H]1C[C@H](C)CN(C(=O)c2nc(-c3cccc(F)c3)n3c2CCCCC3)C1. The van der Waals surface area contributed by atoms with Gasteiger partial charge in [0.05, 0.1) is 5.69 Å². The molecule has 5 heteroatoms. The van der Waals surface area contributed by atoms with E-state index in [1.165, 1.54) is 18.6 Å². The summed E-state index contributed by atoms with van der Waals surface area (Å²) in [6, 6.07) is 6.54. The molecule has 1 amide bonds. The molecule has 0 radical (unpaired) electrons. The molecule has 4 rings (SSSR count). The van der Waals surface area contributed by atoms with Gasteiger partial charge in [-0.15, -0.1) is 0 Å². The molecular weight excluding hydrogens is 341 g/mol. The van der Waals surface area contributed by atoms with Crippen molar-refractivity contribution in [2.45, 2.75) is 52.5 Å². The minimum absolute atomic E-state index is 0.0432. The average molecular weight is 369 g/mol. The molecule has 1 saturated heterocycles. The van der Waals surface area contributed by atoms with Crippen LogP contribution in [-0.2, 0) is 13.0 Å². The van der Waals surface area contributed by atoms with Crippen LogP contribution in [0.25, 0.3) is 11.4 Å². The molecule has 27 heavy (non-hydrogen) atoms. The summed E-state index contributed by atoms with van der Waals surface area (Å²) >= 11 is 0. The Bertz CT molecular complexity index is 834. The fourth-order valence-electron chi connectivity index (χ4n) is 4.72. The molecule has 1 aromatic heterocycles. The van der Waals surface area contributed by atoms with Gasteiger partial charge in [0.1, 0.15) is 17.3 Å². The van der Waals surface area contributed by atoms with E-state index in [2.05, 4.69) is 18.4 Å². The fourth-order valence-corrected chi connectivity index (χ4v) is 4.72. The van der Waals surface area contributed by atoms with Gasteiger partial charge >= 0.3 is 0 Å². The van der Waals surface area contributed by atoms with Crippen LogP contribution in [0.3, 0.4) is 0 Å². The van der Waals surface area contributed by atoms with E-state index in [0.29, 0.717) is 17.5 Å². The molecule has 1 fully saturated rings. The summed E-state index contributed by atoms with van der Waals surface area (Å²) < 4.78 is 16.0. The number of nitrogens with zero attached hydrogens (tertiary/aromatic N) is 3. The van der Waals surface area contributed by atoms with E-state index in [4.69, 9.17) is 4.98 Å². The van der Waals surface area contributed by atoms with Gasteiger partial charge in [-0.05, 0) is 49.7 Å².